The zero-order valence-corrected chi connectivity index (χ0v) is 12.5. The zero-order valence-electron chi connectivity index (χ0n) is 12.5. The van der Waals surface area contributed by atoms with E-state index in [1.807, 2.05) is 24.3 Å². The van der Waals surface area contributed by atoms with Gasteiger partial charge >= 0.3 is 0 Å². The smallest absolute Gasteiger partial charge is 0.227 e. The van der Waals surface area contributed by atoms with E-state index in [0.29, 0.717) is 5.82 Å². The summed E-state index contributed by atoms with van der Waals surface area (Å²) in [5.41, 5.74) is 8.67. The van der Waals surface area contributed by atoms with Crippen molar-refractivity contribution in [2.24, 2.45) is 5.73 Å². The maximum absolute atomic E-state index is 11.8. The molecule has 114 valence electrons. The number of fused-ring (bicyclic) bond motifs is 1. The first-order chi connectivity index (χ1) is 10.6. The van der Waals surface area contributed by atoms with Crippen LogP contribution in [0.1, 0.15) is 18.9 Å². The molecule has 5 heteroatoms. The highest BCUT2D eigenvalue weighted by Crippen LogP contribution is 2.30. The van der Waals surface area contributed by atoms with Crippen LogP contribution in [0.25, 0.3) is 11.3 Å². The van der Waals surface area contributed by atoms with Crippen molar-refractivity contribution in [3.63, 3.8) is 0 Å². The molecule has 1 aliphatic heterocycles. The van der Waals surface area contributed by atoms with Crippen molar-refractivity contribution in [2.75, 3.05) is 11.9 Å². The Morgan fingerprint density at radius 3 is 3.09 bits per heavy atom. The number of nitrogens with zero attached hydrogens (tertiary/aromatic N) is 1. The standard InChI is InChI=1S/C17H19N3O2/c1-11(18)9-17(21)20-16-4-2-3-14(19-16)12-5-6-15-13(10-12)7-8-22-15/h2-6,10-11H,7-9,18H2,1H3,(H,19,20,21). The van der Waals surface area contributed by atoms with E-state index >= 15 is 0 Å². The molecule has 2 aromatic rings. The van der Waals surface area contributed by atoms with Gasteiger partial charge in [0.2, 0.25) is 5.91 Å². The number of anilines is 1. The van der Waals surface area contributed by atoms with Crippen molar-refractivity contribution in [1.29, 1.82) is 0 Å². The molecule has 0 saturated carbocycles. The number of carbonyl (C=O) groups is 1. The van der Waals surface area contributed by atoms with Gasteiger partial charge in [-0.3, -0.25) is 4.79 Å². The average molecular weight is 297 g/mol. The number of nitrogens with one attached hydrogen (secondary N) is 1. The van der Waals surface area contributed by atoms with Crippen LogP contribution in [-0.4, -0.2) is 23.5 Å². The molecule has 2 heterocycles. The number of hydrogen-bond donors (Lipinski definition) is 2. The molecule has 1 aliphatic rings. The maximum Gasteiger partial charge on any atom is 0.227 e. The van der Waals surface area contributed by atoms with Crippen molar-refractivity contribution in [2.45, 2.75) is 25.8 Å². The molecule has 1 aromatic carbocycles. The van der Waals surface area contributed by atoms with Crippen molar-refractivity contribution in [3.05, 3.63) is 42.0 Å². The van der Waals surface area contributed by atoms with E-state index < -0.39 is 0 Å². The molecule has 0 spiro atoms. The lowest BCUT2D eigenvalue weighted by atomic mass is 10.1. The Kier molecular flexibility index (Phi) is 4.06. The number of amides is 1. The summed E-state index contributed by atoms with van der Waals surface area (Å²) in [5, 5.41) is 2.78. The second-order valence-corrected chi connectivity index (χ2v) is 5.56. The molecule has 1 atom stereocenters. The summed E-state index contributed by atoms with van der Waals surface area (Å²) in [7, 11) is 0. The van der Waals surface area contributed by atoms with Gasteiger partial charge in [0.05, 0.1) is 12.3 Å². The molecule has 5 nitrogen and oxygen atoms in total. The van der Waals surface area contributed by atoms with Crippen molar-refractivity contribution < 1.29 is 9.53 Å². The molecule has 1 aromatic heterocycles. The van der Waals surface area contributed by atoms with Gasteiger partial charge < -0.3 is 15.8 Å². The van der Waals surface area contributed by atoms with E-state index in [4.69, 9.17) is 10.5 Å². The Morgan fingerprint density at radius 2 is 2.27 bits per heavy atom. The number of rotatable bonds is 4. The lowest BCUT2D eigenvalue weighted by Crippen LogP contribution is -2.24. The van der Waals surface area contributed by atoms with Gasteiger partial charge in [0.15, 0.2) is 0 Å². The fraction of sp³-hybridized carbons (Fsp3) is 0.294. The summed E-state index contributed by atoms with van der Waals surface area (Å²) < 4.78 is 5.51. The molecule has 3 N–H and O–H groups in total. The minimum Gasteiger partial charge on any atom is -0.493 e. The predicted octanol–water partition coefficient (Wildman–Crippen LogP) is 2.36. The Bertz CT molecular complexity index is 698. The van der Waals surface area contributed by atoms with Crippen LogP contribution in [-0.2, 0) is 11.2 Å². The minimum absolute atomic E-state index is 0.123. The Labute approximate surface area is 129 Å². The summed E-state index contributed by atoms with van der Waals surface area (Å²) in [5.74, 6) is 1.37. The van der Waals surface area contributed by atoms with Crippen molar-refractivity contribution in [1.82, 2.24) is 4.98 Å². The fourth-order valence-electron chi connectivity index (χ4n) is 2.50. The van der Waals surface area contributed by atoms with E-state index in [1.165, 1.54) is 5.56 Å². The van der Waals surface area contributed by atoms with Crippen LogP contribution in [0.2, 0.25) is 0 Å². The van der Waals surface area contributed by atoms with Gasteiger partial charge in [-0.05, 0) is 42.8 Å². The topological polar surface area (TPSA) is 77.2 Å². The fourth-order valence-corrected chi connectivity index (χ4v) is 2.50. The number of carbonyl (C=O) groups excluding carboxylic acids is 1. The van der Waals surface area contributed by atoms with Crippen LogP contribution in [0.4, 0.5) is 5.82 Å². The van der Waals surface area contributed by atoms with Gasteiger partial charge in [-0.1, -0.05) is 6.07 Å². The molecule has 0 fully saturated rings. The van der Waals surface area contributed by atoms with Gasteiger partial charge in [-0.2, -0.15) is 0 Å². The van der Waals surface area contributed by atoms with Crippen LogP contribution in [0.15, 0.2) is 36.4 Å². The summed E-state index contributed by atoms with van der Waals surface area (Å²) in [6.45, 7) is 2.54. The van der Waals surface area contributed by atoms with Crippen molar-refractivity contribution in [3.8, 4) is 17.0 Å². The number of ether oxygens (including phenoxy) is 1. The van der Waals surface area contributed by atoms with E-state index in [9.17, 15) is 4.79 Å². The third-order valence-corrected chi connectivity index (χ3v) is 3.51. The van der Waals surface area contributed by atoms with Gasteiger partial charge in [0.1, 0.15) is 11.6 Å². The monoisotopic (exact) mass is 297 g/mol. The van der Waals surface area contributed by atoms with Crippen LogP contribution in [0, 0.1) is 0 Å². The Balaban J connectivity index is 1.80. The third-order valence-electron chi connectivity index (χ3n) is 3.51. The molecule has 0 radical (unpaired) electrons. The molecular formula is C17H19N3O2. The first-order valence-corrected chi connectivity index (χ1v) is 7.40. The number of hydrogen-bond acceptors (Lipinski definition) is 4. The van der Waals surface area contributed by atoms with E-state index in [-0.39, 0.29) is 18.4 Å². The lowest BCUT2D eigenvalue weighted by Gasteiger charge is -2.09. The normalized spacial score (nSPS) is 14.1. The van der Waals surface area contributed by atoms with Gasteiger partial charge in [-0.25, -0.2) is 4.98 Å². The number of benzene rings is 1. The first kappa shape index (κ1) is 14.5. The van der Waals surface area contributed by atoms with Crippen molar-refractivity contribution >= 4 is 11.7 Å². The highest BCUT2D eigenvalue weighted by atomic mass is 16.5. The van der Waals surface area contributed by atoms with Crippen LogP contribution in [0.3, 0.4) is 0 Å². The molecule has 3 rings (SSSR count). The number of pyridine rings is 1. The quantitative estimate of drug-likeness (QED) is 0.908. The first-order valence-electron chi connectivity index (χ1n) is 7.40. The molecule has 1 amide bonds. The molecular weight excluding hydrogens is 278 g/mol. The van der Waals surface area contributed by atoms with E-state index in [0.717, 1.165) is 30.0 Å². The Hall–Kier alpha value is -2.40. The summed E-state index contributed by atoms with van der Waals surface area (Å²) in [6, 6.07) is 11.5. The molecule has 22 heavy (non-hydrogen) atoms. The average Bonchev–Trinajstić information content (AvgIpc) is 2.93. The van der Waals surface area contributed by atoms with E-state index in [1.54, 1.807) is 13.0 Å². The largest absolute Gasteiger partial charge is 0.493 e. The highest BCUT2D eigenvalue weighted by molar-refractivity contribution is 5.90. The lowest BCUT2D eigenvalue weighted by molar-refractivity contribution is -0.116. The van der Waals surface area contributed by atoms with Gasteiger partial charge in [-0.15, -0.1) is 0 Å². The number of nitrogens with two attached hydrogens (primary N) is 1. The molecule has 1 unspecified atom stereocenters. The third kappa shape index (κ3) is 3.26. The highest BCUT2D eigenvalue weighted by Gasteiger charge is 2.13. The Morgan fingerprint density at radius 1 is 1.41 bits per heavy atom. The van der Waals surface area contributed by atoms with Crippen LogP contribution in [0.5, 0.6) is 5.75 Å². The summed E-state index contributed by atoms with van der Waals surface area (Å²) in [4.78, 5) is 16.3. The molecule has 0 aliphatic carbocycles. The van der Waals surface area contributed by atoms with Gasteiger partial charge in [0, 0.05) is 24.4 Å². The maximum atomic E-state index is 11.8. The molecule has 0 bridgehead atoms. The molecule has 0 saturated heterocycles. The predicted molar refractivity (Wildman–Crippen MR) is 85.8 cm³/mol. The van der Waals surface area contributed by atoms with Crippen LogP contribution < -0.4 is 15.8 Å². The second kappa shape index (κ2) is 6.15. The summed E-state index contributed by atoms with van der Waals surface area (Å²) >= 11 is 0. The summed E-state index contributed by atoms with van der Waals surface area (Å²) in [6.07, 6.45) is 1.20. The minimum atomic E-state index is -0.167. The van der Waals surface area contributed by atoms with Gasteiger partial charge in [0.25, 0.3) is 0 Å². The van der Waals surface area contributed by atoms with Crippen LogP contribution >= 0.6 is 0 Å². The second-order valence-electron chi connectivity index (χ2n) is 5.56. The number of aromatic nitrogens is 1. The zero-order chi connectivity index (χ0) is 15.5. The van der Waals surface area contributed by atoms with E-state index in [2.05, 4.69) is 16.4 Å². The SMILES string of the molecule is CC(N)CC(=O)Nc1cccc(-c2ccc3c(c2)CCO3)n1.